The van der Waals surface area contributed by atoms with Crippen LogP contribution < -0.4 is 10.6 Å². The number of hydrogen-bond acceptors (Lipinski definition) is 6. The molecule has 0 aliphatic rings. The van der Waals surface area contributed by atoms with Gasteiger partial charge in [-0.3, -0.25) is 9.59 Å². The van der Waals surface area contributed by atoms with Gasteiger partial charge in [0.1, 0.15) is 24.0 Å². The van der Waals surface area contributed by atoms with E-state index < -0.39 is 5.91 Å². The summed E-state index contributed by atoms with van der Waals surface area (Å²) in [6.07, 6.45) is 0. The van der Waals surface area contributed by atoms with Crippen LogP contribution in [-0.2, 0) is 16.1 Å². The maximum atomic E-state index is 12.9. The first-order valence-corrected chi connectivity index (χ1v) is 9.64. The number of ether oxygens (including phenoxy) is 1. The van der Waals surface area contributed by atoms with Crippen LogP contribution in [0, 0.1) is 5.82 Å². The highest BCUT2D eigenvalue weighted by Crippen LogP contribution is 2.15. The van der Waals surface area contributed by atoms with E-state index in [1.54, 1.807) is 0 Å². The van der Waals surface area contributed by atoms with Gasteiger partial charge in [-0.1, -0.05) is 41.7 Å². The molecular weight excluding hydrogens is 395 g/mol. The minimum Gasteiger partial charge on any atom is -0.364 e. The number of nitrogens with one attached hydrogen (secondary N) is 2. The van der Waals surface area contributed by atoms with Crippen LogP contribution in [0.1, 0.15) is 33.3 Å². The first-order valence-electron chi connectivity index (χ1n) is 8.82. The normalized spacial score (nSPS) is 11.7. The molecule has 150 valence electrons. The lowest BCUT2D eigenvalue weighted by molar-refractivity contribution is -0.126. The number of hydrogen-bond donors (Lipinski definition) is 2. The Morgan fingerprint density at radius 1 is 1.10 bits per heavy atom. The second-order valence-corrected chi connectivity index (χ2v) is 7.22. The molecule has 7 nitrogen and oxygen atoms in total. The fraction of sp³-hybridized carbons (Fsp3) is 0.200. The molecule has 1 atom stereocenters. The minimum atomic E-state index is -0.449. The fourth-order valence-corrected chi connectivity index (χ4v) is 3.13. The molecule has 0 spiro atoms. The van der Waals surface area contributed by atoms with Crippen molar-refractivity contribution in [1.82, 2.24) is 15.5 Å². The van der Waals surface area contributed by atoms with Gasteiger partial charge >= 0.3 is 0 Å². The monoisotopic (exact) mass is 414 g/mol. The summed E-state index contributed by atoms with van der Waals surface area (Å²) in [5.41, 5.74) is 1.45. The third-order valence-corrected chi connectivity index (χ3v) is 4.79. The number of rotatable bonds is 8. The Balaban J connectivity index is 1.43. The van der Waals surface area contributed by atoms with E-state index in [0.29, 0.717) is 10.7 Å². The molecule has 29 heavy (non-hydrogen) atoms. The zero-order chi connectivity index (χ0) is 20.6. The summed E-state index contributed by atoms with van der Waals surface area (Å²) in [5.74, 6) is -1.09. The van der Waals surface area contributed by atoms with E-state index in [-0.39, 0.29) is 36.0 Å². The van der Waals surface area contributed by atoms with E-state index in [4.69, 9.17) is 4.74 Å². The largest absolute Gasteiger partial charge is 0.364 e. The van der Waals surface area contributed by atoms with Crippen molar-refractivity contribution in [2.45, 2.75) is 19.6 Å². The van der Waals surface area contributed by atoms with E-state index in [1.807, 2.05) is 37.3 Å². The quantitative estimate of drug-likeness (QED) is 0.590. The summed E-state index contributed by atoms with van der Waals surface area (Å²) in [6.45, 7) is 1.83. The number of halogens is 1. The zero-order valence-corrected chi connectivity index (χ0v) is 16.4. The number of anilines is 1. The van der Waals surface area contributed by atoms with Gasteiger partial charge < -0.3 is 15.4 Å². The van der Waals surface area contributed by atoms with E-state index in [1.165, 1.54) is 24.3 Å². The maximum Gasteiger partial charge on any atom is 0.286 e. The van der Waals surface area contributed by atoms with Crippen molar-refractivity contribution in [3.05, 3.63) is 76.0 Å². The second kappa shape index (κ2) is 9.85. The predicted molar refractivity (Wildman–Crippen MR) is 107 cm³/mol. The van der Waals surface area contributed by atoms with E-state index in [2.05, 4.69) is 20.8 Å². The van der Waals surface area contributed by atoms with Crippen LogP contribution in [0.2, 0.25) is 0 Å². The Morgan fingerprint density at radius 2 is 1.83 bits per heavy atom. The lowest BCUT2D eigenvalue weighted by Gasteiger charge is -2.14. The van der Waals surface area contributed by atoms with Crippen LogP contribution in [0.4, 0.5) is 10.1 Å². The molecule has 3 rings (SSSR count). The number of amides is 2. The van der Waals surface area contributed by atoms with Gasteiger partial charge in [-0.15, -0.1) is 10.2 Å². The van der Waals surface area contributed by atoms with Gasteiger partial charge in [-0.05, 0) is 36.8 Å². The maximum absolute atomic E-state index is 12.9. The molecule has 1 unspecified atom stereocenters. The van der Waals surface area contributed by atoms with Crippen molar-refractivity contribution in [1.29, 1.82) is 0 Å². The molecule has 2 aromatic carbocycles. The molecule has 1 aromatic heterocycles. The van der Waals surface area contributed by atoms with Crippen molar-refractivity contribution < 1.29 is 18.7 Å². The van der Waals surface area contributed by atoms with Crippen LogP contribution in [0.5, 0.6) is 0 Å². The van der Waals surface area contributed by atoms with E-state index >= 15 is 0 Å². The SMILES string of the molecule is CC(NC(=O)COCc1nnc(C(=O)Nc2ccc(F)cc2)s1)c1ccccc1. The molecule has 2 amide bonds. The Morgan fingerprint density at radius 3 is 2.55 bits per heavy atom. The van der Waals surface area contributed by atoms with Crippen molar-refractivity contribution in [3.63, 3.8) is 0 Å². The summed E-state index contributed by atoms with van der Waals surface area (Å²) in [6, 6.07) is 14.9. The lowest BCUT2D eigenvalue weighted by Crippen LogP contribution is -2.30. The summed E-state index contributed by atoms with van der Waals surface area (Å²) in [5, 5.41) is 13.8. The van der Waals surface area contributed by atoms with Crippen LogP contribution in [0.25, 0.3) is 0 Å². The molecule has 0 bridgehead atoms. The smallest absolute Gasteiger partial charge is 0.286 e. The average Bonchev–Trinajstić information content (AvgIpc) is 3.19. The molecule has 0 saturated carbocycles. The highest BCUT2D eigenvalue weighted by Gasteiger charge is 2.14. The van der Waals surface area contributed by atoms with Crippen molar-refractivity contribution in [3.8, 4) is 0 Å². The standard InChI is InChI=1S/C20H19FN4O3S/c1-13(14-5-3-2-4-6-14)22-17(26)11-28-12-18-24-25-20(29-18)19(27)23-16-9-7-15(21)8-10-16/h2-10,13H,11-12H2,1H3,(H,22,26)(H,23,27). The number of carbonyl (C=O) groups excluding carboxylic acids is 2. The summed E-state index contributed by atoms with van der Waals surface area (Å²) in [7, 11) is 0. The highest BCUT2D eigenvalue weighted by molar-refractivity contribution is 7.13. The molecule has 0 aliphatic carbocycles. The van der Waals surface area contributed by atoms with Crippen LogP contribution >= 0.6 is 11.3 Å². The minimum absolute atomic E-state index is 0.0641. The van der Waals surface area contributed by atoms with Crippen LogP contribution in [-0.4, -0.2) is 28.6 Å². The van der Waals surface area contributed by atoms with Gasteiger partial charge in [0.25, 0.3) is 5.91 Å². The summed E-state index contributed by atoms with van der Waals surface area (Å²) >= 11 is 1.06. The lowest BCUT2D eigenvalue weighted by atomic mass is 10.1. The Kier molecular flexibility index (Phi) is 6.99. The molecule has 3 aromatic rings. The van der Waals surface area contributed by atoms with Gasteiger partial charge in [-0.25, -0.2) is 4.39 Å². The highest BCUT2D eigenvalue weighted by atomic mass is 32.1. The number of carbonyl (C=O) groups is 2. The van der Waals surface area contributed by atoms with Gasteiger partial charge in [-0.2, -0.15) is 0 Å². The van der Waals surface area contributed by atoms with Gasteiger partial charge in [0.15, 0.2) is 0 Å². The molecule has 0 saturated heterocycles. The fourth-order valence-electron chi connectivity index (χ4n) is 2.46. The van der Waals surface area contributed by atoms with Crippen molar-refractivity contribution in [2.24, 2.45) is 0 Å². The first-order chi connectivity index (χ1) is 14.0. The zero-order valence-electron chi connectivity index (χ0n) is 15.6. The first kappa shape index (κ1) is 20.6. The summed E-state index contributed by atoms with van der Waals surface area (Å²) < 4.78 is 18.3. The number of aromatic nitrogens is 2. The average molecular weight is 414 g/mol. The molecule has 9 heteroatoms. The van der Waals surface area contributed by atoms with Crippen molar-refractivity contribution >= 4 is 28.8 Å². The molecular formula is C20H19FN4O3S. The molecule has 2 N–H and O–H groups in total. The molecule has 0 fully saturated rings. The third-order valence-electron chi connectivity index (χ3n) is 3.90. The van der Waals surface area contributed by atoms with E-state index in [9.17, 15) is 14.0 Å². The molecule has 0 aliphatic heterocycles. The molecule has 1 heterocycles. The van der Waals surface area contributed by atoms with Gasteiger partial charge in [0, 0.05) is 5.69 Å². The predicted octanol–water partition coefficient (Wildman–Crippen LogP) is 3.32. The van der Waals surface area contributed by atoms with E-state index in [0.717, 1.165) is 16.9 Å². The Hall–Kier alpha value is -3.17. The van der Waals surface area contributed by atoms with Crippen LogP contribution in [0.3, 0.4) is 0 Å². The second-order valence-electron chi connectivity index (χ2n) is 6.15. The topological polar surface area (TPSA) is 93.2 Å². The number of nitrogens with zero attached hydrogens (tertiary/aromatic N) is 2. The van der Waals surface area contributed by atoms with Crippen LogP contribution in [0.15, 0.2) is 54.6 Å². The Bertz CT molecular complexity index is 963. The molecule has 0 radical (unpaired) electrons. The van der Waals surface area contributed by atoms with Gasteiger partial charge in [0.05, 0.1) is 6.04 Å². The third kappa shape index (κ3) is 6.16. The number of benzene rings is 2. The Labute approximate surface area is 170 Å². The summed E-state index contributed by atoms with van der Waals surface area (Å²) in [4.78, 5) is 24.1. The van der Waals surface area contributed by atoms with Crippen molar-refractivity contribution in [2.75, 3.05) is 11.9 Å². The van der Waals surface area contributed by atoms with Gasteiger partial charge in [0.2, 0.25) is 10.9 Å².